The van der Waals surface area contributed by atoms with Gasteiger partial charge in [-0.2, -0.15) is 0 Å². The van der Waals surface area contributed by atoms with Gasteiger partial charge in [0.2, 0.25) is 0 Å². The molecule has 11 heteroatoms. The Hall–Kier alpha value is -2.92. The van der Waals surface area contributed by atoms with E-state index in [0.29, 0.717) is 11.3 Å². The first-order valence-corrected chi connectivity index (χ1v) is 11.9. The maximum absolute atomic E-state index is 12.7. The molecule has 1 aliphatic rings. The second-order valence-corrected chi connectivity index (χ2v) is 10.3. The molecule has 3 rings (SSSR count). The number of benzene rings is 2. The zero-order valence-corrected chi connectivity index (χ0v) is 18.2. The van der Waals surface area contributed by atoms with Crippen LogP contribution in [0.5, 0.6) is 0 Å². The van der Waals surface area contributed by atoms with E-state index in [2.05, 4.69) is 0 Å². The highest BCUT2D eigenvalue weighted by Crippen LogP contribution is 2.33. The van der Waals surface area contributed by atoms with Gasteiger partial charge in [0.1, 0.15) is 0 Å². The molecule has 0 unspecified atom stereocenters. The fourth-order valence-electron chi connectivity index (χ4n) is 3.09. The second kappa shape index (κ2) is 9.48. The van der Waals surface area contributed by atoms with E-state index >= 15 is 0 Å². The van der Waals surface area contributed by atoms with Crippen molar-refractivity contribution < 1.29 is 27.7 Å². The average Bonchev–Trinajstić information content (AvgIpc) is 3.11. The molecule has 0 aliphatic carbocycles. The molecule has 0 aromatic heterocycles. The number of nitro groups is 1. The molecule has 0 N–H and O–H groups in total. The summed E-state index contributed by atoms with van der Waals surface area (Å²) in [6.45, 7) is -0.593. The van der Waals surface area contributed by atoms with E-state index in [4.69, 9.17) is 4.74 Å². The van der Waals surface area contributed by atoms with Gasteiger partial charge in [0.05, 0.1) is 22.0 Å². The summed E-state index contributed by atoms with van der Waals surface area (Å²) in [5.74, 6) is -1.52. The number of nitro benzene ring substituents is 1. The van der Waals surface area contributed by atoms with Crippen LogP contribution in [0, 0.1) is 10.1 Å². The van der Waals surface area contributed by atoms with E-state index in [1.165, 1.54) is 35.8 Å². The molecule has 31 heavy (non-hydrogen) atoms. The van der Waals surface area contributed by atoms with Crippen LogP contribution >= 0.6 is 11.8 Å². The third-order valence-corrected chi connectivity index (χ3v) is 7.68. The number of likely N-dealkylation sites (N-methyl/N-ethyl adjacent to an activating group) is 1. The predicted octanol–water partition coefficient (Wildman–Crippen LogP) is 2.55. The van der Waals surface area contributed by atoms with Crippen molar-refractivity contribution in [3.63, 3.8) is 0 Å². The van der Waals surface area contributed by atoms with Gasteiger partial charge in [-0.1, -0.05) is 30.0 Å². The predicted molar refractivity (Wildman–Crippen MR) is 114 cm³/mol. The molecule has 2 aromatic rings. The van der Waals surface area contributed by atoms with Crippen molar-refractivity contribution in [3.8, 4) is 0 Å². The number of nitrogens with zero attached hydrogens (tertiary/aromatic N) is 2. The highest BCUT2D eigenvalue weighted by molar-refractivity contribution is 7.99. The van der Waals surface area contributed by atoms with Gasteiger partial charge in [-0.05, 0) is 24.6 Å². The molecule has 0 spiro atoms. The van der Waals surface area contributed by atoms with Crippen LogP contribution in [0.15, 0.2) is 58.3 Å². The first-order chi connectivity index (χ1) is 14.7. The van der Waals surface area contributed by atoms with Crippen LogP contribution in [0.1, 0.15) is 16.8 Å². The van der Waals surface area contributed by atoms with Crippen molar-refractivity contribution in [2.75, 3.05) is 25.2 Å². The molecule has 1 fully saturated rings. The quantitative estimate of drug-likeness (QED) is 0.348. The molecular formula is C20H20N2O7S2. The van der Waals surface area contributed by atoms with E-state index < -0.39 is 39.3 Å². The van der Waals surface area contributed by atoms with E-state index in [-0.39, 0.29) is 22.8 Å². The van der Waals surface area contributed by atoms with Crippen LogP contribution in [-0.2, 0) is 19.4 Å². The number of amides is 1. The van der Waals surface area contributed by atoms with Crippen molar-refractivity contribution in [2.45, 2.75) is 22.3 Å². The zero-order valence-electron chi connectivity index (χ0n) is 16.6. The number of esters is 1. The van der Waals surface area contributed by atoms with Crippen LogP contribution in [-0.4, -0.2) is 61.3 Å². The highest BCUT2D eigenvalue weighted by atomic mass is 32.2. The standard InChI is InChI=1S/C20H20N2O7S2/c1-21(15-9-10-31(27,28)13-15)19(23)12-29-20(24)17-11-14(22(25)26)7-8-18(17)30-16-5-3-2-4-6-16/h2-8,11,15H,9-10,12-13H2,1H3/t15-/m1/s1. The number of ether oxygens (including phenoxy) is 1. The maximum Gasteiger partial charge on any atom is 0.340 e. The molecule has 2 aromatic carbocycles. The van der Waals surface area contributed by atoms with Gasteiger partial charge in [-0.15, -0.1) is 0 Å². The van der Waals surface area contributed by atoms with Gasteiger partial charge in [-0.3, -0.25) is 14.9 Å². The maximum atomic E-state index is 12.7. The summed E-state index contributed by atoms with van der Waals surface area (Å²) >= 11 is 1.24. The molecule has 1 aliphatic heterocycles. The first-order valence-electron chi connectivity index (χ1n) is 9.31. The number of carbonyl (C=O) groups excluding carboxylic acids is 2. The number of non-ortho nitro benzene ring substituents is 1. The minimum Gasteiger partial charge on any atom is -0.452 e. The Labute approximate surface area is 183 Å². The molecule has 1 heterocycles. The van der Waals surface area contributed by atoms with Crippen molar-refractivity contribution in [1.82, 2.24) is 4.90 Å². The molecule has 1 amide bonds. The van der Waals surface area contributed by atoms with E-state index in [1.54, 1.807) is 0 Å². The van der Waals surface area contributed by atoms with Gasteiger partial charge in [0.25, 0.3) is 11.6 Å². The fourth-order valence-corrected chi connectivity index (χ4v) is 5.80. The Morgan fingerprint density at radius 2 is 1.94 bits per heavy atom. The minimum absolute atomic E-state index is 0.0167. The van der Waals surface area contributed by atoms with Gasteiger partial charge < -0.3 is 9.64 Å². The number of carbonyl (C=O) groups is 2. The lowest BCUT2D eigenvalue weighted by atomic mass is 10.2. The molecule has 1 atom stereocenters. The number of rotatable bonds is 7. The zero-order chi connectivity index (χ0) is 22.6. The third-order valence-electron chi connectivity index (χ3n) is 4.84. The summed E-state index contributed by atoms with van der Waals surface area (Å²) in [5, 5.41) is 11.1. The molecule has 9 nitrogen and oxygen atoms in total. The van der Waals surface area contributed by atoms with Gasteiger partial charge in [0, 0.05) is 35.0 Å². The minimum atomic E-state index is -3.16. The summed E-state index contributed by atoms with van der Waals surface area (Å²) in [7, 11) is -1.70. The van der Waals surface area contributed by atoms with E-state index in [1.807, 2.05) is 30.3 Å². The van der Waals surface area contributed by atoms with Crippen molar-refractivity contribution >= 4 is 39.2 Å². The largest absolute Gasteiger partial charge is 0.452 e. The molecule has 0 saturated carbocycles. The van der Waals surface area contributed by atoms with Crippen molar-refractivity contribution in [3.05, 3.63) is 64.2 Å². The summed E-state index contributed by atoms with van der Waals surface area (Å²) in [5.41, 5.74) is -0.300. The number of hydrogen-bond donors (Lipinski definition) is 0. The van der Waals surface area contributed by atoms with Crippen LogP contribution in [0.4, 0.5) is 5.69 Å². The monoisotopic (exact) mass is 464 g/mol. The van der Waals surface area contributed by atoms with Crippen LogP contribution in [0.25, 0.3) is 0 Å². The lowest BCUT2D eigenvalue weighted by Crippen LogP contribution is -2.40. The van der Waals surface area contributed by atoms with Crippen molar-refractivity contribution in [1.29, 1.82) is 0 Å². The van der Waals surface area contributed by atoms with Crippen LogP contribution in [0.3, 0.4) is 0 Å². The molecular weight excluding hydrogens is 444 g/mol. The summed E-state index contributed by atoms with van der Waals surface area (Å²) in [6, 6.07) is 12.6. The molecule has 1 saturated heterocycles. The third kappa shape index (κ3) is 5.82. The van der Waals surface area contributed by atoms with E-state index in [9.17, 15) is 28.1 Å². The second-order valence-electron chi connectivity index (χ2n) is 6.99. The Balaban J connectivity index is 1.72. The fraction of sp³-hybridized carbons (Fsp3) is 0.300. The number of sulfone groups is 1. The summed E-state index contributed by atoms with van der Waals surface area (Å²) < 4.78 is 28.3. The molecule has 164 valence electrons. The van der Waals surface area contributed by atoms with Gasteiger partial charge in [-0.25, -0.2) is 13.2 Å². The Kier molecular flexibility index (Phi) is 6.96. The van der Waals surface area contributed by atoms with Gasteiger partial charge >= 0.3 is 5.97 Å². The smallest absolute Gasteiger partial charge is 0.340 e. The molecule has 0 bridgehead atoms. The molecule has 0 radical (unpaired) electrons. The van der Waals surface area contributed by atoms with Crippen LogP contribution < -0.4 is 0 Å². The lowest BCUT2D eigenvalue weighted by Gasteiger charge is -2.23. The summed E-state index contributed by atoms with van der Waals surface area (Å²) in [4.78, 5) is 38.1. The number of hydrogen-bond acceptors (Lipinski definition) is 8. The SMILES string of the molecule is CN(C(=O)COC(=O)c1cc([N+](=O)[O-])ccc1Sc1ccccc1)[C@@H]1CCS(=O)(=O)C1. The Morgan fingerprint density at radius 1 is 1.23 bits per heavy atom. The average molecular weight is 465 g/mol. The Morgan fingerprint density at radius 3 is 2.55 bits per heavy atom. The lowest BCUT2D eigenvalue weighted by molar-refractivity contribution is -0.384. The van der Waals surface area contributed by atoms with Gasteiger partial charge in [0.15, 0.2) is 16.4 Å². The Bertz CT molecular complexity index is 1100. The topological polar surface area (TPSA) is 124 Å². The van der Waals surface area contributed by atoms with Crippen LogP contribution in [0.2, 0.25) is 0 Å². The highest BCUT2D eigenvalue weighted by Gasteiger charge is 2.33. The van der Waals surface area contributed by atoms with E-state index in [0.717, 1.165) is 11.0 Å². The first kappa shape index (κ1) is 22.8. The van der Waals surface area contributed by atoms with Crippen molar-refractivity contribution in [2.24, 2.45) is 0 Å². The summed E-state index contributed by atoms with van der Waals surface area (Å²) in [6.07, 6.45) is 0.335. The normalized spacial score (nSPS) is 17.1.